The average molecular weight is 533 g/mol. The number of likely N-dealkylation sites (N-methyl/N-ethyl adjacent to an activating group) is 1. The molecule has 0 bridgehead atoms. The fraction of sp³-hybridized carbons (Fsp3) is 0.321. The van der Waals surface area contributed by atoms with Gasteiger partial charge in [-0.05, 0) is 61.3 Å². The lowest BCUT2D eigenvalue weighted by molar-refractivity contribution is -0.122. The minimum atomic E-state index is -0.624. The average Bonchev–Trinajstić information content (AvgIpc) is 3.12. The van der Waals surface area contributed by atoms with Crippen LogP contribution < -0.4 is 9.80 Å². The zero-order valence-corrected chi connectivity index (χ0v) is 22.3. The molecule has 0 saturated carbocycles. The van der Waals surface area contributed by atoms with E-state index in [1.54, 1.807) is 0 Å². The van der Waals surface area contributed by atoms with Crippen LogP contribution in [0.4, 0.5) is 11.4 Å². The Kier molecular flexibility index (Phi) is 9.11. The van der Waals surface area contributed by atoms with Crippen molar-refractivity contribution in [1.82, 2.24) is 4.90 Å². The van der Waals surface area contributed by atoms with E-state index in [9.17, 15) is 4.79 Å². The van der Waals surface area contributed by atoms with E-state index in [0.717, 1.165) is 61.0 Å². The van der Waals surface area contributed by atoms with Crippen molar-refractivity contribution in [2.45, 2.75) is 18.8 Å². The number of hydrogen-bond acceptors (Lipinski definition) is 3. The van der Waals surface area contributed by atoms with Crippen LogP contribution in [0.2, 0.25) is 5.02 Å². The summed E-state index contributed by atoms with van der Waals surface area (Å²) in [6.07, 6.45) is 0.782. The van der Waals surface area contributed by atoms with Gasteiger partial charge in [0, 0.05) is 49.1 Å². The van der Waals surface area contributed by atoms with Gasteiger partial charge in [0.25, 0.3) is 0 Å². The lowest BCUT2D eigenvalue weighted by atomic mass is 9.72. The molecule has 5 rings (SSSR count). The Bertz CT molecular complexity index is 1120. The smallest absolute Gasteiger partial charge is 0.242 e. The number of hydrogen-bond donors (Lipinski definition) is 0. The molecule has 0 spiro atoms. The molecule has 2 aliphatic rings. The predicted octanol–water partition coefficient (Wildman–Crippen LogP) is 6.05. The van der Waals surface area contributed by atoms with Crippen molar-refractivity contribution in [3.8, 4) is 0 Å². The highest BCUT2D eigenvalue weighted by molar-refractivity contribution is 6.30. The molecule has 7 heteroatoms. The second-order valence-corrected chi connectivity index (χ2v) is 9.33. The molecule has 0 radical (unpaired) electrons. The summed E-state index contributed by atoms with van der Waals surface area (Å²) >= 11 is 6.05. The molecular formula is C28H32Cl3N3O. The number of rotatable bonds is 6. The Labute approximate surface area is 225 Å². The molecule has 2 heterocycles. The molecule has 1 fully saturated rings. The topological polar surface area (TPSA) is 26.8 Å². The first-order valence-corrected chi connectivity index (χ1v) is 12.2. The van der Waals surface area contributed by atoms with E-state index >= 15 is 0 Å². The van der Waals surface area contributed by atoms with Crippen LogP contribution in [0.25, 0.3) is 0 Å². The van der Waals surface area contributed by atoms with Crippen molar-refractivity contribution >= 4 is 53.7 Å². The molecule has 186 valence electrons. The van der Waals surface area contributed by atoms with Crippen LogP contribution in [0.5, 0.6) is 0 Å². The van der Waals surface area contributed by atoms with Crippen molar-refractivity contribution < 1.29 is 4.79 Å². The van der Waals surface area contributed by atoms with Crippen LogP contribution in [0.15, 0.2) is 78.9 Å². The number of fused-ring (bicyclic) bond motifs is 1. The van der Waals surface area contributed by atoms with Crippen LogP contribution in [-0.2, 0) is 10.2 Å². The fourth-order valence-corrected chi connectivity index (χ4v) is 5.56. The number of benzene rings is 3. The van der Waals surface area contributed by atoms with Crippen molar-refractivity contribution in [2.75, 3.05) is 49.1 Å². The molecule has 1 saturated heterocycles. The lowest BCUT2D eigenvalue weighted by Crippen LogP contribution is -2.49. The van der Waals surface area contributed by atoms with E-state index in [0.29, 0.717) is 6.54 Å². The molecule has 2 aliphatic heterocycles. The van der Waals surface area contributed by atoms with E-state index in [1.807, 2.05) is 41.3 Å². The van der Waals surface area contributed by atoms with Gasteiger partial charge in [-0.1, -0.05) is 60.1 Å². The Morgan fingerprint density at radius 2 is 1.46 bits per heavy atom. The Morgan fingerprint density at radius 1 is 0.829 bits per heavy atom. The fourth-order valence-electron chi connectivity index (χ4n) is 5.43. The minimum Gasteiger partial charge on any atom is -0.369 e. The zero-order chi connectivity index (χ0) is 22.8. The van der Waals surface area contributed by atoms with Gasteiger partial charge in [-0.3, -0.25) is 9.69 Å². The molecule has 0 aromatic heterocycles. The zero-order valence-electron chi connectivity index (χ0n) is 19.9. The first kappa shape index (κ1) is 27.3. The number of para-hydroxylation sites is 1. The summed E-state index contributed by atoms with van der Waals surface area (Å²) in [6.45, 7) is 7.57. The standard InChI is InChI=1S/C28H30ClN3O.2ClH/c1-2-32-26-11-7-6-10-25(26)28(27(32)33,22-8-4-3-5-9-22)16-17-30-18-20-31(21-19-30)24-14-12-23(29)13-15-24;;/h3-15H,2,16-21H2,1H3;2*1H. The predicted molar refractivity (Wildman–Crippen MR) is 151 cm³/mol. The number of halogens is 3. The summed E-state index contributed by atoms with van der Waals surface area (Å²) < 4.78 is 0. The molecule has 35 heavy (non-hydrogen) atoms. The normalized spacial score (nSPS) is 19.7. The van der Waals surface area contributed by atoms with Crippen LogP contribution in [0, 0.1) is 0 Å². The third-order valence-electron chi connectivity index (χ3n) is 7.21. The highest BCUT2D eigenvalue weighted by atomic mass is 35.5. The summed E-state index contributed by atoms with van der Waals surface area (Å²) in [7, 11) is 0. The van der Waals surface area contributed by atoms with Gasteiger partial charge < -0.3 is 9.80 Å². The summed E-state index contributed by atoms with van der Waals surface area (Å²) in [4.78, 5) is 20.8. The van der Waals surface area contributed by atoms with Crippen molar-refractivity contribution in [3.05, 3.63) is 95.0 Å². The first-order chi connectivity index (χ1) is 16.1. The minimum absolute atomic E-state index is 0. The van der Waals surface area contributed by atoms with Crippen LogP contribution >= 0.6 is 36.4 Å². The monoisotopic (exact) mass is 531 g/mol. The van der Waals surface area contributed by atoms with E-state index < -0.39 is 5.41 Å². The molecule has 0 aliphatic carbocycles. The maximum absolute atomic E-state index is 13.9. The molecule has 1 unspecified atom stereocenters. The van der Waals surface area contributed by atoms with E-state index in [4.69, 9.17) is 11.6 Å². The second-order valence-electron chi connectivity index (χ2n) is 8.89. The highest BCUT2D eigenvalue weighted by Crippen LogP contribution is 2.48. The maximum atomic E-state index is 13.9. The number of anilines is 2. The molecule has 3 aromatic rings. The Hall–Kier alpha value is -2.24. The third kappa shape index (κ3) is 5.03. The second kappa shape index (κ2) is 11.7. The number of carbonyl (C=O) groups excluding carboxylic acids is 1. The molecule has 0 N–H and O–H groups in total. The van der Waals surface area contributed by atoms with Crippen LogP contribution in [-0.4, -0.2) is 50.1 Å². The molecule has 1 amide bonds. The van der Waals surface area contributed by atoms with Gasteiger partial charge in [-0.2, -0.15) is 0 Å². The quantitative estimate of drug-likeness (QED) is 0.387. The lowest BCUT2D eigenvalue weighted by Gasteiger charge is -2.38. The molecule has 4 nitrogen and oxygen atoms in total. The third-order valence-corrected chi connectivity index (χ3v) is 7.47. The summed E-state index contributed by atoms with van der Waals surface area (Å²) in [5.74, 6) is 0.206. The Balaban J connectivity index is 0.00000171. The Morgan fingerprint density at radius 3 is 2.11 bits per heavy atom. The first-order valence-electron chi connectivity index (χ1n) is 11.8. The van der Waals surface area contributed by atoms with Gasteiger partial charge >= 0.3 is 0 Å². The van der Waals surface area contributed by atoms with Gasteiger partial charge in [0.15, 0.2) is 0 Å². The molecular weight excluding hydrogens is 501 g/mol. The van der Waals surface area contributed by atoms with E-state index in [-0.39, 0.29) is 30.7 Å². The van der Waals surface area contributed by atoms with E-state index in [1.165, 1.54) is 5.69 Å². The highest BCUT2D eigenvalue weighted by Gasteiger charge is 2.51. The van der Waals surface area contributed by atoms with Gasteiger partial charge in [0.1, 0.15) is 5.41 Å². The molecule has 3 aromatic carbocycles. The van der Waals surface area contributed by atoms with Gasteiger partial charge in [-0.15, -0.1) is 24.8 Å². The van der Waals surface area contributed by atoms with Crippen LogP contribution in [0.1, 0.15) is 24.5 Å². The maximum Gasteiger partial charge on any atom is 0.242 e. The van der Waals surface area contributed by atoms with Crippen molar-refractivity contribution in [3.63, 3.8) is 0 Å². The number of amides is 1. The van der Waals surface area contributed by atoms with Gasteiger partial charge in [-0.25, -0.2) is 0 Å². The van der Waals surface area contributed by atoms with Crippen LogP contribution in [0.3, 0.4) is 0 Å². The number of nitrogens with zero attached hydrogens (tertiary/aromatic N) is 3. The number of piperazine rings is 1. The van der Waals surface area contributed by atoms with Gasteiger partial charge in [0.2, 0.25) is 5.91 Å². The largest absolute Gasteiger partial charge is 0.369 e. The van der Waals surface area contributed by atoms with Crippen molar-refractivity contribution in [2.24, 2.45) is 0 Å². The summed E-state index contributed by atoms with van der Waals surface area (Å²) in [6, 6.07) is 26.8. The summed E-state index contributed by atoms with van der Waals surface area (Å²) in [5, 5.41) is 0.770. The SMILES string of the molecule is CCN1C(=O)C(CCN2CCN(c3ccc(Cl)cc3)CC2)(c2ccccc2)c2ccccc21.Cl.Cl. The summed E-state index contributed by atoms with van der Waals surface area (Å²) in [5.41, 5.74) is 3.89. The number of carbonyl (C=O) groups is 1. The molecule has 1 atom stereocenters. The van der Waals surface area contributed by atoms with Gasteiger partial charge in [0.05, 0.1) is 0 Å². The van der Waals surface area contributed by atoms with E-state index in [2.05, 4.69) is 59.2 Å². The van der Waals surface area contributed by atoms with Crippen molar-refractivity contribution in [1.29, 1.82) is 0 Å².